The summed E-state index contributed by atoms with van der Waals surface area (Å²) in [7, 11) is 1.76. The van der Waals surface area contributed by atoms with Crippen molar-refractivity contribution >= 4 is 5.91 Å². The van der Waals surface area contributed by atoms with Crippen LogP contribution >= 0.6 is 0 Å². The fourth-order valence-electron chi connectivity index (χ4n) is 4.27. The van der Waals surface area contributed by atoms with Crippen LogP contribution in [0.2, 0.25) is 0 Å². The van der Waals surface area contributed by atoms with E-state index in [4.69, 9.17) is 4.74 Å². The molecule has 0 radical (unpaired) electrons. The Morgan fingerprint density at radius 3 is 2.62 bits per heavy atom. The molecule has 0 saturated carbocycles. The first-order valence-electron chi connectivity index (χ1n) is 8.54. The van der Waals surface area contributed by atoms with Crippen molar-refractivity contribution in [3.8, 4) is 0 Å². The molecule has 0 N–H and O–H groups in total. The third kappa shape index (κ3) is 3.41. The molecule has 3 saturated heterocycles. The highest BCUT2D eigenvalue weighted by Gasteiger charge is 2.42. The Hall–Kier alpha value is -0.650. The second-order valence-electron chi connectivity index (χ2n) is 6.63. The summed E-state index contributed by atoms with van der Waals surface area (Å²) in [5, 5.41) is 0. The van der Waals surface area contributed by atoms with Gasteiger partial charge in [0.1, 0.15) is 0 Å². The van der Waals surface area contributed by atoms with Crippen molar-refractivity contribution in [1.82, 2.24) is 14.7 Å². The first-order valence-corrected chi connectivity index (χ1v) is 8.54. The minimum absolute atomic E-state index is 0.379. The zero-order chi connectivity index (χ0) is 14.7. The number of hydrogen-bond donors (Lipinski definition) is 0. The molecule has 0 unspecified atom stereocenters. The van der Waals surface area contributed by atoms with Crippen LogP contribution in [0.5, 0.6) is 0 Å². The van der Waals surface area contributed by atoms with Crippen LogP contribution in [0.4, 0.5) is 0 Å². The van der Waals surface area contributed by atoms with E-state index in [1.807, 2.05) is 0 Å². The molecule has 3 rings (SSSR count). The van der Waals surface area contributed by atoms with E-state index in [0.29, 0.717) is 18.0 Å². The van der Waals surface area contributed by atoms with Gasteiger partial charge >= 0.3 is 0 Å². The average molecular weight is 295 g/mol. The summed E-state index contributed by atoms with van der Waals surface area (Å²) in [5.41, 5.74) is 0. The van der Waals surface area contributed by atoms with Crippen LogP contribution in [-0.2, 0) is 9.53 Å². The van der Waals surface area contributed by atoms with Crippen molar-refractivity contribution in [3.63, 3.8) is 0 Å². The Morgan fingerprint density at radius 1 is 1.05 bits per heavy atom. The van der Waals surface area contributed by atoms with Crippen LogP contribution in [0.3, 0.4) is 0 Å². The van der Waals surface area contributed by atoms with E-state index in [2.05, 4.69) is 14.7 Å². The van der Waals surface area contributed by atoms with Crippen molar-refractivity contribution < 1.29 is 9.53 Å². The smallest absolute Gasteiger partial charge is 0.222 e. The van der Waals surface area contributed by atoms with Gasteiger partial charge in [0, 0.05) is 51.8 Å². The summed E-state index contributed by atoms with van der Waals surface area (Å²) < 4.78 is 5.22. The average Bonchev–Trinajstić information content (AvgIpc) is 3.13. The van der Waals surface area contributed by atoms with Gasteiger partial charge in [-0.25, -0.2) is 0 Å². The van der Waals surface area contributed by atoms with Gasteiger partial charge in [0.15, 0.2) is 0 Å². The van der Waals surface area contributed by atoms with Crippen molar-refractivity contribution in [1.29, 1.82) is 0 Å². The lowest BCUT2D eigenvalue weighted by molar-refractivity contribution is -0.137. The number of nitrogens with zero attached hydrogens (tertiary/aromatic N) is 3. The number of carbonyl (C=O) groups is 1. The van der Waals surface area contributed by atoms with Crippen LogP contribution in [-0.4, -0.2) is 85.7 Å². The molecule has 0 aromatic rings. The number of hydrogen-bond acceptors (Lipinski definition) is 4. The van der Waals surface area contributed by atoms with Crippen LogP contribution in [0.15, 0.2) is 0 Å². The SMILES string of the molecule is COCCN1CC[C@H]2[C@@H]1CCC(=O)N2CCN1CCCC1. The van der Waals surface area contributed by atoms with Gasteiger partial charge in [-0.15, -0.1) is 0 Å². The quantitative estimate of drug-likeness (QED) is 0.726. The molecule has 0 bridgehead atoms. The van der Waals surface area contributed by atoms with E-state index in [0.717, 1.165) is 52.0 Å². The molecule has 3 aliphatic rings. The monoisotopic (exact) mass is 295 g/mol. The van der Waals surface area contributed by atoms with E-state index in [1.165, 1.54) is 25.9 Å². The molecule has 2 atom stereocenters. The molecule has 0 aliphatic carbocycles. The van der Waals surface area contributed by atoms with E-state index in [1.54, 1.807) is 7.11 Å². The highest BCUT2D eigenvalue weighted by Crippen LogP contribution is 2.31. The molecule has 0 aromatic carbocycles. The molecular weight excluding hydrogens is 266 g/mol. The van der Waals surface area contributed by atoms with Crippen molar-refractivity contribution in [2.45, 2.75) is 44.2 Å². The van der Waals surface area contributed by atoms with Crippen molar-refractivity contribution in [2.24, 2.45) is 0 Å². The van der Waals surface area contributed by atoms with Crippen molar-refractivity contribution in [2.75, 3.05) is 53.0 Å². The number of piperidine rings is 1. The molecule has 3 fully saturated rings. The third-order valence-electron chi connectivity index (χ3n) is 5.44. The minimum Gasteiger partial charge on any atom is -0.383 e. The summed E-state index contributed by atoms with van der Waals surface area (Å²) in [6.45, 7) is 7.35. The first-order chi connectivity index (χ1) is 10.3. The standard InChI is InChI=1S/C16H29N3O2/c1-21-13-12-18-9-6-15-14(18)4-5-16(20)19(15)11-10-17-7-2-3-8-17/h14-15H,2-13H2,1H3/t14-,15-/m0/s1. The van der Waals surface area contributed by atoms with Crippen LogP contribution in [0.25, 0.3) is 0 Å². The summed E-state index contributed by atoms with van der Waals surface area (Å²) >= 11 is 0. The molecule has 5 heteroatoms. The van der Waals surface area contributed by atoms with Gasteiger partial charge in [-0.1, -0.05) is 0 Å². The second kappa shape index (κ2) is 7.07. The van der Waals surface area contributed by atoms with Gasteiger partial charge in [-0.3, -0.25) is 9.69 Å². The predicted molar refractivity (Wildman–Crippen MR) is 82.3 cm³/mol. The zero-order valence-corrected chi connectivity index (χ0v) is 13.3. The lowest BCUT2D eigenvalue weighted by atomic mass is 9.96. The minimum atomic E-state index is 0.379. The van der Waals surface area contributed by atoms with Gasteiger partial charge in [0.25, 0.3) is 0 Å². The van der Waals surface area contributed by atoms with Gasteiger partial charge in [0.05, 0.1) is 6.61 Å². The number of rotatable bonds is 6. The maximum absolute atomic E-state index is 12.3. The molecule has 0 spiro atoms. The number of ether oxygens (including phenoxy) is 1. The Labute approximate surface area is 128 Å². The highest BCUT2D eigenvalue weighted by atomic mass is 16.5. The largest absolute Gasteiger partial charge is 0.383 e. The van der Waals surface area contributed by atoms with E-state index < -0.39 is 0 Å². The number of likely N-dealkylation sites (tertiary alicyclic amines) is 3. The maximum atomic E-state index is 12.3. The summed E-state index contributed by atoms with van der Waals surface area (Å²) in [6.07, 6.45) is 5.55. The van der Waals surface area contributed by atoms with Gasteiger partial charge < -0.3 is 14.5 Å². The van der Waals surface area contributed by atoms with Gasteiger partial charge in [-0.05, 0) is 38.8 Å². The van der Waals surface area contributed by atoms with Gasteiger partial charge in [0.2, 0.25) is 5.91 Å². The molecule has 21 heavy (non-hydrogen) atoms. The first kappa shape index (κ1) is 15.3. The molecular formula is C16H29N3O2. The normalized spacial score (nSPS) is 31.1. The molecule has 5 nitrogen and oxygen atoms in total. The molecule has 120 valence electrons. The topological polar surface area (TPSA) is 36.0 Å². The number of amides is 1. The Balaban J connectivity index is 1.56. The van der Waals surface area contributed by atoms with Gasteiger partial charge in [-0.2, -0.15) is 0 Å². The lowest BCUT2D eigenvalue weighted by Gasteiger charge is -2.40. The second-order valence-corrected chi connectivity index (χ2v) is 6.63. The van der Waals surface area contributed by atoms with E-state index in [-0.39, 0.29) is 0 Å². The Kier molecular flexibility index (Phi) is 5.14. The molecule has 3 aliphatic heterocycles. The Bertz CT molecular complexity index is 357. The third-order valence-corrected chi connectivity index (χ3v) is 5.44. The molecule has 0 aromatic heterocycles. The van der Waals surface area contributed by atoms with E-state index >= 15 is 0 Å². The number of carbonyl (C=O) groups excluding carboxylic acids is 1. The number of methoxy groups -OCH3 is 1. The van der Waals surface area contributed by atoms with Crippen LogP contribution < -0.4 is 0 Å². The van der Waals surface area contributed by atoms with Crippen LogP contribution in [0, 0.1) is 0 Å². The molecule has 1 amide bonds. The maximum Gasteiger partial charge on any atom is 0.222 e. The van der Waals surface area contributed by atoms with Crippen molar-refractivity contribution in [3.05, 3.63) is 0 Å². The van der Waals surface area contributed by atoms with Crippen LogP contribution in [0.1, 0.15) is 32.1 Å². The van der Waals surface area contributed by atoms with E-state index in [9.17, 15) is 4.79 Å². The zero-order valence-electron chi connectivity index (χ0n) is 13.3. The lowest BCUT2D eigenvalue weighted by Crippen LogP contribution is -2.54. The Morgan fingerprint density at radius 2 is 1.86 bits per heavy atom. The fourth-order valence-corrected chi connectivity index (χ4v) is 4.27. The summed E-state index contributed by atoms with van der Waals surface area (Å²) in [4.78, 5) is 19.6. The summed E-state index contributed by atoms with van der Waals surface area (Å²) in [6, 6.07) is 1.02. The summed E-state index contributed by atoms with van der Waals surface area (Å²) in [5.74, 6) is 0.379. The number of fused-ring (bicyclic) bond motifs is 1. The molecule has 3 heterocycles. The highest BCUT2D eigenvalue weighted by molar-refractivity contribution is 5.77. The fraction of sp³-hybridized carbons (Fsp3) is 0.938. The predicted octanol–water partition coefficient (Wildman–Crippen LogP) is 0.794.